The maximum Gasteiger partial charge on any atom is 0.163 e. The molecule has 6 aromatic heterocycles. The van der Waals surface area contributed by atoms with Gasteiger partial charge in [0, 0.05) is 39.8 Å². The summed E-state index contributed by atoms with van der Waals surface area (Å²) in [4.78, 5) is 26.3. The quantitative estimate of drug-likeness (QED) is 0.0906. The lowest BCUT2D eigenvalue weighted by molar-refractivity contribution is -0.172. The summed E-state index contributed by atoms with van der Waals surface area (Å²) in [5.41, 5.74) is 4.55. The van der Waals surface area contributed by atoms with Gasteiger partial charge >= 0.3 is 0 Å². The van der Waals surface area contributed by atoms with E-state index in [1.54, 1.807) is 5.80 Å². The van der Waals surface area contributed by atoms with Crippen molar-refractivity contribution >= 4 is 135 Å². The summed E-state index contributed by atoms with van der Waals surface area (Å²) in [5, 5.41) is 25.0. The van der Waals surface area contributed by atoms with Crippen LogP contribution in [0.25, 0.3) is 43.9 Å². The molecule has 420 valence electrons. The second kappa shape index (κ2) is 22.0. The zero-order valence-corrected chi connectivity index (χ0v) is 52.3. The van der Waals surface area contributed by atoms with Crippen LogP contribution in [0, 0.1) is 22.2 Å². The van der Waals surface area contributed by atoms with Crippen LogP contribution >= 0.6 is 85.1 Å². The van der Waals surface area contributed by atoms with Gasteiger partial charge in [-0.2, -0.15) is 5.26 Å². The Morgan fingerprint density at radius 1 is 0.713 bits per heavy atom. The summed E-state index contributed by atoms with van der Waals surface area (Å²) in [6.45, 7) is 16.0. The first-order valence-electron chi connectivity index (χ1n) is 26.4. The van der Waals surface area contributed by atoms with Crippen molar-refractivity contribution in [2.75, 3.05) is 26.6 Å². The standard InChI is InChI=1S/C27H27BrCl2N4O3.C26H23BrCl2N4O3.C5H10NP/c1-4-27(12-20(35)15-6-5-14-9-17(28)24(30)33-18(14)10-15)11-19(21-22(27)37-26(2,3)36-21)34-8-7-16-23(29)31-13-32-25(16)34;1-25(2)35-20-18(33-6-5-15-22(28)30-12-31-24(15)33)9-26(21(20)36-25)10-19(34-11-26)14-4-3-13-7-16(27)23(29)32-17(13)8-14;1-7(2,3)5-4-6/h5-10,13,19-22,35H,4,11-12H2,1-3H3;3-8,12,18-21H,9-11H2,1-2H3;5H,1-3H3/t19-,20?,21+,22+,27-;18-,19?,20+,21+,26-;/m11./s1. The molecule has 15 nitrogen and oxygen atoms in total. The lowest BCUT2D eigenvalue weighted by Crippen LogP contribution is -2.36. The second-order valence-corrected chi connectivity index (χ2v) is 31.1. The summed E-state index contributed by atoms with van der Waals surface area (Å²) in [7, 11) is 0. The molecule has 9 heterocycles. The molecule has 2 saturated carbocycles. The summed E-state index contributed by atoms with van der Waals surface area (Å²) < 4.78 is 38.4. The first-order chi connectivity index (χ1) is 37.9. The molecule has 8 aromatic rings. The van der Waals surface area contributed by atoms with E-state index < -0.39 is 24.6 Å². The first-order valence-corrected chi connectivity index (χ1v) is 32.7. The molecule has 0 bridgehead atoms. The van der Waals surface area contributed by atoms with Gasteiger partial charge in [0.25, 0.3) is 0 Å². The summed E-state index contributed by atoms with van der Waals surface area (Å²) in [6, 6.07) is 22.0. The molecule has 2 aliphatic carbocycles. The molecular formula is C58H60Br2Cl4N9O6P. The highest BCUT2D eigenvalue weighted by atomic mass is 79.9. The molecule has 5 fully saturated rings. The number of aliphatic hydroxyl groups is 1. The lowest BCUT2D eigenvalue weighted by atomic mass is 9.75. The number of rotatable bonds is 7. The van der Waals surface area contributed by atoms with Gasteiger partial charge in [-0.25, -0.2) is 29.9 Å². The van der Waals surface area contributed by atoms with Gasteiger partial charge in [0.1, 0.15) is 56.8 Å². The number of nitriles is 1. The third kappa shape index (κ3) is 11.1. The van der Waals surface area contributed by atoms with E-state index in [4.69, 9.17) is 75.3 Å². The third-order valence-electron chi connectivity index (χ3n) is 16.3. The van der Waals surface area contributed by atoms with E-state index in [-0.39, 0.29) is 53.4 Å². The Morgan fingerprint density at radius 3 is 1.80 bits per heavy atom. The fraction of sp³-hybridized carbons (Fsp3) is 0.448. The van der Waals surface area contributed by atoms with Crippen molar-refractivity contribution in [1.29, 1.82) is 5.26 Å². The van der Waals surface area contributed by atoms with Gasteiger partial charge in [-0.15, -0.1) is 6.89 Å². The van der Waals surface area contributed by atoms with Gasteiger partial charge in [-0.3, -0.25) is 0 Å². The van der Waals surface area contributed by atoms with Gasteiger partial charge in [0.2, 0.25) is 0 Å². The van der Waals surface area contributed by atoms with Gasteiger partial charge in [0.05, 0.1) is 79.9 Å². The van der Waals surface area contributed by atoms with E-state index >= 15 is 0 Å². The maximum absolute atomic E-state index is 11.5. The molecule has 3 saturated heterocycles. The number of hydrogen-bond acceptors (Lipinski definition) is 13. The van der Waals surface area contributed by atoms with Crippen molar-refractivity contribution in [3.8, 4) is 6.07 Å². The van der Waals surface area contributed by atoms with Crippen molar-refractivity contribution in [1.82, 2.24) is 39.0 Å². The van der Waals surface area contributed by atoms with E-state index in [0.29, 0.717) is 33.6 Å². The zero-order valence-electron chi connectivity index (χ0n) is 45.3. The van der Waals surface area contributed by atoms with Crippen molar-refractivity contribution in [2.24, 2.45) is 10.8 Å². The van der Waals surface area contributed by atoms with Crippen LogP contribution in [0.5, 0.6) is 0 Å². The first kappa shape index (κ1) is 58.0. The number of nitrogens with zero attached hydrogens (tertiary/aromatic N) is 9. The van der Waals surface area contributed by atoms with Gasteiger partial charge < -0.3 is 37.9 Å². The number of benzene rings is 2. The molecule has 5 aliphatic rings. The minimum absolute atomic E-state index is 0.0307. The van der Waals surface area contributed by atoms with Crippen LogP contribution in [0.3, 0.4) is 0 Å². The molecule has 10 atom stereocenters. The van der Waals surface area contributed by atoms with Crippen LogP contribution in [0.15, 0.2) is 94.7 Å². The Labute approximate surface area is 501 Å². The molecule has 3 aliphatic heterocycles. The smallest absolute Gasteiger partial charge is 0.163 e. The highest BCUT2D eigenvalue weighted by Crippen LogP contribution is 2.61. The summed E-state index contributed by atoms with van der Waals surface area (Å²) in [6.07, 6.45) is 9.43. The average molecular weight is 1310 g/mol. The Bertz CT molecular complexity index is 3810. The van der Waals surface area contributed by atoms with Crippen molar-refractivity contribution in [3.63, 3.8) is 0 Å². The van der Waals surface area contributed by atoms with Crippen LogP contribution in [0.2, 0.25) is 20.6 Å². The molecule has 80 heavy (non-hydrogen) atoms. The molecule has 2 unspecified atom stereocenters. The van der Waals surface area contributed by atoms with E-state index in [1.165, 1.54) is 12.7 Å². The molecule has 1 N–H and O–H groups in total. The zero-order chi connectivity index (χ0) is 56.8. The van der Waals surface area contributed by atoms with Gasteiger partial charge in [-0.1, -0.05) is 77.6 Å². The number of fused-ring (bicyclic) bond motifs is 7. The monoisotopic (exact) mass is 1310 g/mol. The van der Waals surface area contributed by atoms with Gasteiger partial charge in [-0.05, 0) is 159 Å². The topological polar surface area (TPSA) is 177 Å². The largest absolute Gasteiger partial charge is 0.388 e. The highest BCUT2D eigenvalue weighted by Gasteiger charge is 2.65. The molecule has 0 radical (unpaired) electrons. The van der Waals surface area contributed by atoms with Crippen LogP contribution in [0.1, 0.15) is 102 Å². The fourth-order valence-electron chi connectivity index (χ4n) is 12.7. The van der Waals surface area contributed by atoms with E-state index in [9.17, 15) is 5.11 Å². The predicted octanol–water partition coefficient (Wildman–Crippen LogP) is 14.9. The number of aliphatic hydroxyl groups excluding tert-OH is 1. The number of aromatic nitrogens is 8. The average Bonchev–Trinajstić information content (AvgIpc) is 4.44. The molecular weight excluding hydrogens is 1250 g/mol. The van der Waals surface area contributed by atoms with Crippen LogP contribution in [0.4, 0.5) is 0 Å². The number of ether oxygens (including phenoxy) is 5. The molecule has 2 aromatic carbocycles. The maximum atomic E-state index is 11.5. The normalized spacial score (nSPS) is 27.7. The lowest BCUT2D eigenvalue weighted by Gasteiger charge is -2.36. The Kier molecular flexibility index (Phi) is 15.9. The minimum Gasteiger partial charge on any atom is -0.388 e. The molecule has 13 rings (SSSR count). The number of hydrogen-bond donors (Lipinski definition) is 1. The van der Waals surface area contributed by atoms with E-state index in [2.05, 4.69) is 116 Å². The third-order valence-corrected chi connectivity index (χ3v) is 20.0. The molecule has 1 spiro atoms. The second-order valence-electron chi connectivity index (χ2n) is 23.4. The van der Waals surface area contributed by atoms with Crippen LogP contribution in [-0.2, 0) is 23.7 Å². The molecule has 0 amide bonds. The van der Waals surface area contributed by atoms with Crippen LogP contribution in [-0.4, -0.2) is 113 Å². The Morgan fingerprint density at radius 2 is 1.25 bits per heavy atom. The highest BCUT2D eigenvalue weighted by molar-refractivity contribution is 9.10. The number of halogens is 6. The predicted molar refractivity (Wildman–Crippen MR) is 323 cm³/mol. The number of pyridine rings is 2. The van der Waals surface area contributed by atoms with E-state index in [1.807, 2.05) is 88.6 Å². The van der Waals surface area contributed by atoms with E-state index in [0.717, 1.165) is 89.6 Å². The SMILES string of the molecule is CC1(C)O[C@H]2[C@H](n3ccc4c(Cl)ncnc43)C[C@@]3(COC(c4ccc5cc(Br)c(Cl)nc5c4)C3)[C@H]2O1.CC[C@]1(CC(O)c2ccc3cc(Br)c(Cl)nc3c2)C[C@@H](n2ccc3c(Cl)ncnc32)[C@@H]2OC(C)(C)O[C@@H]21.CP(C)(C)=CC#N. The van der Waals surface area contributed by atoms with Crippen molar-refractivity contribution < 1.29 is 28.8 Å². The minimum atomic E-state index is -0.902. The Balaban J connectivity index is 0.000000151. The fourth-order valence-corrected chi connectivity index (χ4v) is 14.4. The van der Waals surface area contributed by atoms with Crippen molar-refractivity contribution in [3.05, 3.63) is 126 Å². The van der Waals surface area contributed by atoms with Crippen LogP contribution < -0.4 is 0 Å². The van der Waals surface area contributed by atoms with Crippen molar-refractivity contribution in [2.45, 2.75) is 127 Å². The summed E-state index contributed by atoms with van der Waals surface area (Å²) in [5.74, 6) is 0.324. The summed E-state index contributed by atoms with van der Waals surface area (Å²) >= 11 is 32.1. The Hall–Kier alpha value is -3.83. The van der Waals surface area contributed by atoms with Gasteiger partial charge in [0.15, 0.2) is 11.6 Å². The molecule has 22 heteroatoms.